The zero-order valence-corrected chi connectivity index (χ0v) is 15.1. The van der Waals surface area contributed by atoms with Gasteiger partial charge in [-0.15, -0.1) is 0 Å². The van der Waals surface area contributed by atoms with Gasteiger partial charge in [-0.25, -0.2) is 4.39 Å². The molecule has 0 aliphatic carbocycles. The Bertz CT molecular complexity index is 514. The lowest BCUT2D eigenvalue weighted by Crippen LogP contribution is -2.42. The molecule has 0 spiro atoms. The average Bonchev–Trinajstić information content (AvgIpc) is 3.03. The SMILES string of the molecule is CCC(SC)C(=O)NC[C@@H]1C[C@H](F)CN1Cc1c(C)noc1C. The van der Waals surface area contributed by atoms with Gasteiger partial charge in [0.2, 0.25) is 5.91 Å². The molecule has 1 aliphatic heterocycles. The summed E-state index contributed by atoms with van der Waals surface area (Å²) >= 11 is 1.55. The van der Waals surface area contributed by atoms with Crippen LogP contribution in [0.25, 0.3) is 0 Å². The van der Waals surface area contributed by atoms with Crippen molar-refractivity contribution in [3.05, 3.63) is 17.0 Å². The summed E-state index contributed by atoms with van der Waals surface area (Å²) in [5.74, 6) is 0.820. The lowest BCUT2D eigenvalue weighted by atomic mass is 10.1. The second kappa shape index (κ2) is 8.15. The molecular formula is C16H26FN3O2S. The zero-order chi connectivity index (χ0) is 17.0. The van der Waals surface area contributed by atoms with Crippen molar-refractivity contribution in [3.63, 3.8) is 0 Å². The van der Waals surface area contributed by atoms with Crippen LogP contribution in [0.4, 0.5) is 4.39 Å². The zero-order valence-electron chi connectivity index (χ0n) is 14.3. The first-order chi connectivity index (χ1) is 11.0. The molecule has 1 unspecified atom stereocenters. The van der Waals surface area contributed by atoms with Gasteiger partial charge in [-0.1, -0.05) is 12.1 Å². The average molecular weight is 343 g/mol. The number of hydrogen-bond donors (Lipinski definition) is 1. The van der Waals surface area contributed by atoms with Gasteiger partial charge in [0, 0.05) is 31.2 Å². The highest BCUT2D eigenvalue weighted by Crippen LogP contribution is 2.25. The highest BCUT2D eigenvalue weighted by Gasteiger charge is 2.33. The molecule has 0 aromatic carbocycles. The number of carbonyl (C=O) groups is 1. The van der Waals surface area contributed by atoms with Gasteiger partial charge in [0.15, 0.2) is 0 Å². The molecule has 130 valence electrons. The molecule has 1 aliphatic rings. The fraction of sp³-hybridized carbons (Fsp3) is 0.750. The maximum Gasteiger partial charge on any atom is 0.233 e. The first-order valence-corrected chi connectivity index (χ1v) is 9.35. The largest absolute Gasteiger partial charge is 0.361 e. The van der Waals surface area contributed by atoms with E-state index in [1.165, 1.54) is 0 Å². The molecule has 0 radical (unpaired) electrons. The van der Waals surface area contributed by atoms with E-state index < -0.39 is 6.17 Å². The van der Waals surface area contributed by atoms with Crippen LogP contribution in [0.2, 0.25) is 0 Å². The number of nitrogens with zero attached hydrogens (tertiary/aromatic N) is 2. The van der Waals surface area contributed by atoms with E-state index in [-0.39, 0.29) is 17.2 Å². The third-order valence-electron chi connectivity index (χ3n) is 4.48. The number of aryl methyl sites for hydroxylation is 2. The fourth-order valence-electron chi connectivity index (χ4n) is 3.05. The predicted octanol–water partition coefficient (Wildman–Crippen LogP) is 2.46. The number of likely N-dealkylation sites (tertiary alicyclic amines) is 1. The predicted molar refractivity (Wildman–Crippen MR) is 90.3 cm³/mol. The minimum atomic E-state index is -0.847. The van der Waals surface area contributed by atoms with E-state index in [9.17, 15) is 9.18 Å². The smallest absolute Gasteiger partial charge is 0.233 e. The Labute approximate surface area is 141 Å². The van der Waals surface area contributed by atoms with Gasteiger partial charge in [-0.2, -0.15) is 11.8 Å². The first-order valence-electron chi connectivity index (χ1n) is 8.06. The third-order valence-corrected chi connectivity index (χ3v) is 5.60. The topological polar surface area (TPSA) is 58.4 Å². The molecule has 2 rings (SSSR count). The van der Waals surface area contributed by atoms with Crippen molar-refractivity contribution in [2.75, 3.05) is 19.3 Å². The van der Waals surface area contributed by atoms with Crippen LogP contribution < -0.4 is 5.32 Å². The van der Waals surface area contributed by atoms with Gasteiger partial charge < -0.3 is 9.84 Å². The molecule has 23 heavy (non-hydrogen) atoms. The van der Waals surface area contributed by atoms with Gasteiger partial charge in [0.1, 0.15) is 11.9 Å². The molecule has 1 amide bonds. The van der Waals surface area contributed by atoms with Crippen LogP contribution in [0.3, 0.4) is 0 Å². The summed E-state index contributed by atoms with van der Waals surface area (Å²) in [5, 5.41) is 6.90. The minimum absolute atomic E-state index is 0.0158. The minimum Gasteiger partial charge on any atom is -0.361 e. The van der Waals surface area contributed by atoms with Crippen molar-refractivity contribution in [1.29, 1.82) is 0 Å². The highest BCUT2D eigenvalue weighted by molar-refractivity contribution is 7.99. The third kappa shape index (κ3) is 4.47. The van der Waals surface area contributed by atoms with Gasteiger partial charge >= 0.3 is 0 Å². The number of hydrogen-bond acceptors (Lipinski definition) is 5. The van der Waals surface area contributed by atoms with E-state index in [0.717, 1.165) is 23.4 Å². The van der Waals surface area contributed by atoms with Crippen molar-refractivity contribution in [1.82, 2.24) is 15.4 Å². The Kier molecular flexibility index (Phi) is 6.47. The van der Waals surface area contributed by atoms with E-state index in [0.29, 0.717) is 26.1 Å². The molecule has 0 bridgehead atoms. The van der Waals surface area contributed by atoms with Crippen molar-refractivity contribution in [2.24, 2.45) is 0 Å². The number of aromatic nitrogens is 1. The van der Waals surface area contributed by atoms with Gasteiger partial charge in [0.25, 0.3) is 0 Å². The second-order valence-corrected chi connectivity index (χ2v) is 7.14. The van der Waals surface area contributed by atoms with Crippen LogP contribution >= 0.6 is 11.8 Å². The number of amides is 1. The van der Waals surface area contributed by atoms with Crippen LogP contribution in [-0.4, -0.2) is 52.8 Å². The summed E-state index contributed by atoms with van der Waals surface area (Å²) in [6.45, 7) is 7.26. The van der Waals surface area contributed by atoms with Crippen molar-refractivity contribution >= 4 is 17.7 Å². The molecule has 1 aromatic heterocycles. The Morgan fingerprint density at radius 2 is 2.30 bits per heavy atom. The number of alkyl halides is 1. The second-order valence-electron chi connectivity index (χ2n) is 6.10. The van der Waals surface area contributed by atoms with E-state index in [1.807, 2.05) is 27.0 Å². The number of thioether (sulfide) groups is 1. The lowest BCUT2D eigenvalue weighted by Gasteiger charge is -2.25. The Balaban J connectivity index is 1.96. The number of carbonyl (C=O) groups excluding carboxylic acids is 1. The fourth-order valence-corrected chi connectivity index (χ4v) is 3.68. The molecule has 3 atom stereocenters. The Morgan fingerprint density at radius 1 is 1.57 bits per heavy atom. The lowest BCUT2D eigenvalue weighted by molar-refractivity contribution is -0.120. The number of rotatable bonds is 7. The Hall–Kier alpha value is -1.08. The standard InChI is InChI=1S/C16H26FN3O2S/c1-5-15(23-4)16(21)18-7-13-6-12(17)8-20(13)9-14-10(2)19-22-11(14)3/h12-13,15H,5-9H2,1-4H3,(H,18,21)/t12-,13-,15?/m0/s1. The molecule has 1 N–H and O–H groups in total. The maximum atomic E-state index is 13.9. The van der Waals surface area contributed by atoms with Crippen molar-refractivity contribution in [3.8, 4) is 0 Å². The number of halogens is 1. The van der Waals surface area contributed by atoms with Crippen LogP contribution in [0, 0.1) is 13.8 Å². The number of nitrogens with one attached hydrogen (secondary N) is 1. The normalized spacial score (nSPS) is 23.2. The van der Waals surface area contributed by atoms with E-state index in [2.05, 4.69) is 15.4 Å². The molecular weight excluding hydrogens is 317 g/mol. The summed E-state index contributed by atoms with van der Waals surface area (Å²) in [7, 11) is 0. The van der Waals surface area contributed by atoms with Gasteiger partial charge in [-0.05, 0) is 32.9 Å². The monoisotopic (exact) mass is 343 g/mol. The molecule has 1 saturated heterocycles. The summed E-state index contributed by atoms with van der Waals surface area (Å²) < 4.78 is 19.1. The molecule has 7 heteroatoms. The summed E-state index contributed by atoms with van der Waals surface area (Å²) in [5.41, 5.74) is 1.87. The molecule has 1 fully saturated rings. The maximum absolute atomic E-state index is 13.9. The van der Waals surface area contributed by atoms with Gasteiger partial charge in [0.05, 0.1) is 10.9 Å². The summed E-state index contributed by atoms with van der Waals surface area (Å²) in [4.78, 5) is 14.2. The van der Waals surface area contributed by atoms with Crippen molar-refractivity contribution < 1.29 is 13.7 Å². The quantitative estimate of drug-likeness (QED) is 0.824. The van der Waals surface area contributed by atoms with E-state index >= 15 is 0 Å². The van der Waals surface area contributed by atoms with E-state index in [1.54, 1.807) is 11.8 Å². The first kappa shape index (κ1) is 18.3. The van der Waals surface area contributed by atoms with Crippen molar-refractivity contribution in [2.45, 2.75) is 57.6 Å². The van der Waals surface area contributed by atoms with Gasteiger partial charge in [-0.3, -0.25) is 9.69 Å². The highest BCUT2D eigenvalue weighted by atomic mass is 32.2. The van der Waals surface area contributed by atoms with Crippen LogP contribution in [0.15, 0.2) is 4.52 Å². The summed E-state index contributed by atoms with van der Waals surface area (Å²) in [6.07, 6.45) is 2.34. The van der Waals surface area contributed by atoms with Crippen LogP contribution in [-0.2, 0) is 11.3 Å². The molecule has 5 nitrogen and oxygen atoms in total. The summed E-state index contributed by atoms with van der Waals surface area (Å²) in [6, 6.07) is 0.0158. The van der Waals surface area contributed by atoms with E-state index in [4.69, 9.17) is 4.52 Å². The molecule has 1 aromatic rings. The Morgan fingerprint density at radius 3 is 2.87 bits per heavy atom. The van der Waals surface area contributed by atoms with Crippen LogP contribution in [0.5, 0.6) is 0 Å². The molecule has 0 saturated carbocycles. The molecule has 2 heterocycles. The van der Waals surface area contributed by atoms with Crippen LogP contribution in [0.1, 0.15) is 36.8 Å².